The number of aliphatic hydroxyl groups is 1. The van der Waals surface area contributed by atoms with Gasteiger partial charge in [-0.2, -0.15) is 5.10 Å². The van der Waals surface area contributed by atoms with E-state index >= 15 is 0 Å². The van der Waals surface area contributed by atoms with Crippen molar-refractivity contribution in [3.63, 3.8) is 0 Å². The van der Waals surface area contributed by atoms with Crippen LogP contribution in [0.5, 0.6) is 5.75 Å². The average Bonchev–Trinajstić information content (AvgIpc) is 3.59. The summed E-state index contributed by atoms with van der Waals surface area (Å²) in [6, 6.07) is 18.9. The van der Waals surface area contributed by atoms with Crippen molar-refractivity contribution in [2.45, 2.75) is 37.6 Å². The number of benzene rings is 3. The average molecular weight is 598 g/mol. The van der Waals surface area contributed by atoms with E-state index in [1.807, 2.05) is 13.0 Å². The summed E-state index contributed by atoms with van der Waals surface area (Å²) in [6.07, 6.45) is -2.28. The molecule has 5 aromatic rings. The van der Waals surface area contributed by atoms with Crippen LogP contribution < -0.4 is 4.74 Å². The highest BCUT2D eigenvalue weighted by molar-refractivity contribution is 7.90. The first kappa shape index (κ1) is 29.1. The van der Waals surface area contributed by atoms with Crippen molar-refractivity contribution in [3.8, 4) is 45.1 Å². The smallest absolute Gasteiger partial charge is 0.440 e. The summed E-state index contributed by atoms with van der Waals surface area (Å²) in [6.45, 7) is 3.49. The largest absolute Gasteiger partial charge is 0.573 e. The summed E-state index contributed by atoms with van der Waals surface area (Å²) < 4.78 is 74.1. The highest BCUT2D eigenvalue weighted by atomic mass is 32.2. The molecule has 8 nitrogen and oxygen atoms in total. The van der Waals surface area contributed by atoms with Gasteiger partial charge in [-0.15, -0.1) is 13.2 Å². The zero-order chi connectivity index (χ0) is 30.2. The van der Waals surface area contributed by atoms with Crippen molar-refractivity contribution in [3.05, 3.63) is 90.6 Å². The molecule has 2 aromatic heterocycles. The van der Waals surface area contributed by atoms with E-state index in [1.165, 1.54) is 30.3 Å². The second-order valence-corrected chi connectivity index (χ2v) is 11.6. The summed E-state index contributed by atoms with van der Waals surface area (Å²) in [5.74, 6) is 0.259. The molecule has 0 aliphatic heterocycles. The monoisotopic (exact) mass is 597 g/mol. The van der Waals surface area contributed by atoms with Crippen LogP contribution in [0.4, 0.5) is 13.2 Å². The van der Waals surface area contributed by atoms with Gasteiger partial charge >= 0.3 is 6.36 Å². The molecule has 0 saturated heterocycles. The van der Waals surface area contributed by atoms with Gasteiger partial charge in [-0.25, -0.2) is 18.1 Å². The van der Waals surface area contributed by atoms with Crippen LogP contribution in [0.15, 0.2) is 88.3 Å². The fourth-order valence-corrected chi connectivity index (χ4v) is 5.15. The van der Waals surface area contributed by atoms with Gasteiger partial charge in [0.25, 0.3) is 0 Å². The Morgan fingerprint density at radius 2 is 1.69 bits per heavy atom. The Morgan fingerprint density at radius 3 is 2.36 bits per heavy atom. The highest BCUT2D eigenvalue weighted by Gasteiger charge is 2.31. The van der Waals surface area contributed by atoms with Gasteiger partial charge in [-0.1, -0.05) is 25.1 Å². The maximum atomic E-state index is 12.7. The van der Waals surface area contributed by atoms with Crippen LogP contribution in [-0.4, -0.2) is 40.9 Å². The molecule has 0 spiro atoms. The number of oxazole rings is 1. The Hall–Kier alpha value is -4.42. The zero-order valence-corrected chi connectivity index (χ0v) is 23.6. The van der Waals surface area contributed by atoms with E-state index in [0.29, 0.717) is 57.4 Å². The van der Waals surface area contributed by atoms with Crippen molar-refractivity contribution in [1.29, 1.82) is 0 Å². The lowest BCUT2D eigenvalue weighted by atomic mass is 9.98. The molecule has 2 heterocycles. The van der Waals surface area contributed by atoms with Crippen LogP contribution in [0.25, 0.3) is 39.4 Å². The number of aryl methyl sites for hydroxylation is 1. The molecule has 12 heteroatoms. The fourth-order valence-electron chi connectivity index (χ4n) is 4.48. The predicted octanol–water partition coefficient (Wildman–Crippen LogP) is 6.92. The van der Waals surface area contributed by atoms with Gasteiger partial charge in [0, 0.05) is 30.5 Å². The lowest BCUT2D eigenvalue weighted by molar-refractivity contribution is -0.274. The molecule has 0 aliphatic rings. The van der Waals surface area contributed by atoms with Crippen LogP contribution in [0, 0.1) is 6.92 Å². The van der Waals surface area contributed by atoms with Gasteiger partial charge in [0.15, 0.2) is 21.5 Å². The zero-order valence-electron chi connectivity index (χ0n) is 22.8. The standard InChI is InChI=1S/C30H26F3N3O5S/c1-4-27(37)25-14-15-36(35-25)26-13-10-21(20-6-5-7-23(16-20)42(3,38)39)17-24(26)29-28(34-18(2)40-29)19-8-11-22(12-9-19)41-30(31,32)33/h5-17,27,37H,4H2,1-3H3. The normalized spacial score (nSPS) is 12.8. The Kier molecular flexibility index (Phi) is 7.69. The van der Waals surface area contributed by atoms with Gasteiger partial charge < -0.3 is 14.3 Å². The number of halogens is 3. The Labute approximate surface area is 240 Å². The third kappa shape index (κ3) is 6.24. The molecular weight excluding hydrogens is 571 g/mol. The molecule has 0 radical (unpaired) electrons. The van der Waals surface area contributed by atoms with Gasteiger partial charge in [0.2, 0.25) is 0 Å². The number of sulfone groups is 1. The third-order valence-electron chi connectivity index (χ3n) is 6.52. The molecule has 0 bridgehead atoms. The topological polar surface area (TPSA) is 107 Å². The maximum Gasteiger partial charge on any atom is 0.573 e. The van der Waals surface area contributed by atoms with E-state index in [0.717, 1.165) is 6.26 Å². The second-order valence-electron chi connectivity index (χ2n) is 9.62. The summed E-state index contributed by atoms with van der Waals surface area (Å²) in [7, 11) is -3.46. The van der Waals surface area contributed by atoms with E-state index in [-0.39, 0.29) is 10.6 Å². The van der Waals surface area contributed by atoms with Crippen molar-refractivity contribution >= 4 is 9.84 Å². The molecule has 5 rings (SSSR count). The van der Waals surface area contributed by atoms with Crippen LogP contribution in [0.1, 0.15) is 31.0 Å². The molecule has 3 aromatic carbocycles. The summed E-state index contributed by atoms with van der Waals surface area (Å²) >= 11 is 0. The van der Waals surface area contributed by atoms with Crippen molar-refractivity contribution in [1.82, 2.24) is 14.8 Å². The second kappa shape index (κ2) is 11.1. The van der Waals surface area contributed by atoms with Crippen molar-refractivity contribution < 1.29 is 35.8 Å². The Balaban J connectivity index is 1.68. The third-order valence-corrected chi connectivity index (χ3v) is 7.63. The Morgan fingerprint density at radius 1 is 1.00 bits per heavy atom. The Bertz CT molecular complexity index is 1840. The molecule has 42 heavy (non-hydrogen) atoms. The molecule has 1 N–H and O–H groups in total. The first-order valence-corrected chi connectivity index (χ1v) is 14.7. The fraction of sp³-hybridized carbons (Fsp3) is 0.200. The summed E-state index contributed by atoms with van der Waals surface area (Å²) in [5.41, 5.74) is 3.74. The first-order valence-electron chi connectivity index (χ1n) is 12.8. The quantitative estimate of drug-likeness (QED) is 0.207. The molecule has 218 valence electrons. The van der Waals surface area contributed by atoms with Crippen molar-refractivity contribution in [2.24, 2.45) is 0 Å². The van der Waals surface area contributed by atoms with Gasteiger partial charge in [-0.3, -0.25) is 0 Å². The van der Waals surface area contributed by atoms with Gasteiger partial charge in [0.05, 0.1) is 22.4 Å². The number of hydrogen-bond acceptors (Lipinski definition) is 7. The minimum Gasteiger partial charge on any atom is -0.440 e. The lowest BCUT2D eigenvalue weighted by Gasteiger charge is -2.13. The van der Waals surface area contributed by atoms with E-state index in [1.54, 1.807) is 54.2 Å². The lowest BCUT2D eigenvalue weighted by Crippen LogP contribution is -2.16. The first-order chi connectivity index (χ1) is 19.8. The molecule has 1 atom stereocenters. The summed E-state index contributed by atoms with van der Waals surface area (Å²) in [5, 5.41) is 14.9. The minimum atomic E-state index is -4.82. The van der Waals surface area contributed by atoms with Gasteiger partial charge in [-0.05, 0) is 72.1 Å². The number of rotatable bonds is 8. The van der Waals surface area contributed by atoms with E-state index in [9.17, 15) is 26.7 Å². The number of ether oxygens (including phenoxy) is 1. The molecule has 0 aliphatic carbocycles. The molecule has 0 fully saturated rings. The number of alkyl halides is 3. The van der Waals surface area contributed by atoms with Crippen LogP contribution >= 0.6 is 0 Å². The van der Waals surface area contributed by atoms with Crippen LogP contribution in [0.3, 0.4) is 0 Å². The number of nitrogens with zero attached hydrogens (tertiary/aromatic N) is 3. The molecule has 0 amide bonds. The van der Waals surface area contributed by atoms with E-state index < -0.39 is 22.3 Å². The summed E-state index contributed by atoms with van der Waals surface area (Å²) in [4.78, 5) is 4.67. The SMILES string of the molecule is CCC(O)c1ccn(-c2ccc(-c3cccc(S(C)(=O)=O)c3)cc2-c2oc(C)nc2-c2ccc(OC(F)(F)F)cc2)n1. The van der Waals surface area contributed by atoms with Crippen molar-refractivity contribution in [2.75, 3.05) is 6.26 Å². The molecule has 1 unspecified atom stereocenters. The van der Waals surface area contributed by atoms with E-state index in [4.69, 9.17) is 4.42 Å². The maximum absolute atomic E-state index is 12.7. The number of aliphatic hydroxyl groups excluding tert-OH is 1. The predicted molar refractivity (Wildman–Crippen MR) is 150 cm³/mol. The number of hydrogen-bond donors (Lipinski definition) is 1. The molecular formula is C30H26F3N3O5S. The van der Waals surface area contributed by atoms with Crippen LogP contribution in [-0.2, 0) is 9.84 Å². The molecule has 0 saturated carbocycles. The minimum absolute atomic E-state index is 0.160. The number of aromatic nitrogens is 3. The van der Waals surface area contributed by atoms with E-state index in [2.05, 4.69) is 14.8 Å². The van der Waals surface area contributed by atoms with Crippen LogP contribution in [0.2, 0.25) is 0 Å². The van der Waals surface area contributed by atoms with Gasteiger partial charge in [0.1, 0.15) is 11.4 Å². The highest BCUT2D eigenvalue weighted by Crippen LogP contribution is 2.39.